The van der Waals surface area contributed by atoms with Gasteiger partial charge in [0.1, 0.15) is 6.29 Å². The molecule has 3 fully saturated rings. The molecule has 0 radical (unpaired) electrons. The highest BCUT2D eigenvalue weighted by Crippen LogP contribution is 2.66. The summed E-state index contributed by atoms with van der Waals surface area (Å²) in [7, 11) is 0. The minimum Gasteiger partial charge on any atom is -0.392 e. The second-order valence-electron chi connectivity index (χ2n) is 9.47. The van der Waals surface area contributed by atoms with Crippen LogP contribution in [0.5, 0.6) is 0 Å². The number of hydrogen-bond acceptors (Lipinski definition) is 3. The summed E-state index contributed by atoms with van der Waals surface area (Å²) < 4.78 is 0. The largest absolute Gasteiger partial charge is 0.392 e. The van der Waals surface area contributed by atoms with E-state index in [0.717, 1.165) is 37.5 Å². The number of carbonyl (C=O) groups excluding carboxylic acids is 2. The number of rotatable bonds is 2. The molecule has 8 atom stereocenters. The van der Waals surface area contributed by atoms with Crippen molar-refractivity contribution in [1.29, 1.82) is 0 Å². The van der Waals surface area contributed by atoms with Crippen LogP contribution in [0, 0.1) is 40.4 Å². The molecule has 0 aromatic heterocycles. The van der Waals surface area contributed by atoms with Gasteiger partial charge in [0.05, 0.1) is 6.10 Å². The third-order valence-electron chi connectivity index (χ3n) is 8.50. The van der Waals surface area contributed by atoms with Gasteiger partial charge in [0.2, 0.25) is 0 Å². The van der Waals surface area contributed by atoms with Gasteiger partial charge in [-0.25, -0.2) is 0 Å². The Hall–Kier alpha value is -1.22. The Balaban J connectivity index is 1.71. The summed E-state index contributed by atoms with van der Waals surface area (Å²) in [5, 5.41) is 11.0. The Morgan fingerprint density at radius 3 is 2.72 bits per heavy atom. The van der Waals surface area contributed by atoms with E-state index in [9.17, 15) is 14.7 Å². The van der Waals surface area contributed by atoms with Crippen molar-refractivity contribution in [2.75, 3.05) is 0 Å². The van der Waals surface area contributed by atoms with Gasteiger partial charge in [-0.15, -0.1) is 0 Å². The first-order chi connectivity index (χ1) is 11.8. The monoisotopic (exact) mass is 342 g/mol. The lowest BCUT2D eigenvalue weighted by Gasteiger charge is -2.58. The molecule has 4 aliphatic carbocycles. The van der Waals surface area contributed by atoms with Crippen molar-refractivity contribution in [3.05, 3.63) is 23.8 Å². The minimum atomic E-state index is -0.362. The van der Waals surface area contributed by atoms with Crippen molar-refractivity contribution < 1.29 is 14.7 Å². The minimum absolute atomic E-state index is 0.0551. The Bertz CT molecular complexity index is 662. The Morgan fingerprint density at radius 2 is 2.00 bits per heavy atom. The Labute approximate surface area is 150 Å². The van der Waals surface area contributed by atoms with Crippen LogP contribution in [-0.4, -0.2) is 23.3 Å². The highest BCUT2D eigenvalue weighted by molar-refractivity contribution is 6.01. The summed E-state index contributed by atoms with van der Waals surface area (Å²) in [6.45, 7) is 6.69. The van der Waals surface area contributed by atoms with E-state index in [1.165, 1.54) is 0 Å². The summed E-state index contributed by atoms with van der Waals surface area (Å²) in [6, 6.07) is 0. The summed E-state index contributed by atoms with van der Waals surface area (Å²) in [6.07, 6.45) is 11.4. The first kappa shape index (κ1) is 17.2. The molecule has 0 aromatic rings. The van der Waals surface area contributed by atoms with E-state index in [1.807, 2.05) is 0 Å². The van der Waals surface area contributed by atoms with Crippen LogP contribution in [0.15, 0.2) is 23.8 Å². The number of aliphatic hydroxyl groups excluding tert-OH is 1. The van der Waals surface area contributed by atoms with Crippen molar-refractivity contribution in [3.63, 3.8) is 0 Å². The van der Waals surface area contributed by atoms with Crippen LogP contribution in [0.2, 0.25) is 0 Å². The fourth-order valence-corrected chi connectivity index (χ4v) is 7.17. The molecule has 0 amide bonds. The van der Waals surface area contributed by atoms with Gasteiger partial charge in [-0.3, -0.25) is 4.79 Å². The molecule has 4 aliphatic rings. The van der Waals surface area contributed by atoms with Crippen molar-refractivity contribution in [1.82, 2.24) is 0 Å². The second-order valence-corrected chi connectivity index (χ2v) is 9.47. The average Bonchev–Trinajstić information content (AvgIpc) is 2.93. The number of fused-ring (bicyclic) bond motifs is 5. The molecule has 0 unspecified atom stereocenters. The van der Waals surface area contributed by atoms with Crippen molar-refractivity contribution >= 4 is 12.1 Å². The zero-order chi connectivity index (χ0) is 18.0. The zero-order valence-electron chi connectivity index (χ0n) is 15.6. The molecule has 25 heavy (non-hydrogen) atoms. The van der Waals surface area contributed by atoms with Gasteiger partial charge in [0.25, 0.3) is 0 Å². The van der Waals surface area contributed by atoms with Gasteiger partial charge in [-0.1, -0.05) is 32.4 Å². The normalized spacial score (nSPS) is 49.7. The molecule has 3 heteroatoms. The van der Waals surface area contributed by atoms with Crippen LogP contribution >= 0.6 is 0 Å². The fraction of sp³-hybridized carbons (Fsp3) is 0.727. The summed E-state index contributed by atoms with van der Waals surface area (Å²) >= 11 is 0. The number of hydrogen-bond donors (Lipinski definition) is 1. The predicted octanol–water partition coefficient (Wildman–Crippen LogP) is 3.72. The number of allylic oxidation sites excluding steroid dienone is 3. The van der Waals surface area contributed by atoms with Gasteiger partial charge in [-0.2, -0.15) is 0 Å². The van der Waals surface area contributed by atoms with Gasteiger partial charge < -0.3 is 9.90 Å². The van der Waals surface area contributed by atoms with Crippen LogP contribution in [0.4, 0.5) is 0 Å². The predicted molar refractivity (Wildman–Crippen MR) is 96.7 cm³/mol. The second kappa shape index (κ2) is 5.64. The number of aliphatic hydroxyl groups is 1. The molecule has 0 heterocycles. The SMILES string of the molecule is C[C@H](C=O)[C@@H]1CC[C@H]2[C@@H]3[C@@H](O)CC4=CC(=O)C=C[C@@]4(C)[C@H]3CC[C@@]21C. The highest BCUT2D eigenvalue weighted by Gasteiger charge is 2.61. The lowest BCUT2D eigenvalue weighted by Crippen LogP contribution is -2.55. The quantitative estimate of drug-likeness (QED) is 0.778. The van der Waals surface area contributed by atoms with Gasteiger partial charge in [0.15, 0.2) is 5.78 Å². The van der Waals surface area contributed by atoms with Crippen molar-refractivity contribution in [2.24, 2.45) is 40.4 Å². The molecule has 3 nitrogen and oxygen atoms in total. The van der Waals surface area contributed by atoms with E-state index in [2.05, 4.69) is 26.8 Å². The van der Waals surface area contributed by atoms with E-state index in [0.29, 0.717) is 24.2 Å². The third-order valence-corrected chi connectivity index (χ3v) is 8.50. The van der Waals surface area contributed by atoms with Crippen LogP contribution < -0.4 is 0 Å². The number of carbonyl (C=O) groups is 2. The van der Waals surface area contributed by atoms with Gasteiger partial charge in [0, 0.05) is 11.3 Å². The Kier molecular flexibility index (Phi) is 3.88. The molecule has 136 valence electrons. The number of ketones is 1. The van der Waals surface area contributed by atoms with Crippen LogP contribution in [0.3, 0.4) is 0 Å². The number of aldehydes is 1. The maximum atomic E-state index is 11.8. The summed E-state index contributed by atoms with van der Waals surface area (Å²) in [5.41, 5.74) is 1.19. The van der Waals surface area contributed by atoms with E-state index < -0.39 is 0 Å². The van der Waals surface area contributed by atoms with E-state index in [-0.39, 0.29) is 34.6 Å². The maximum absolute atomic E-state index is 11.8. The lowest BCUT2D eigenvalue weighted by molar-refractivity contribution is -0.119. The van der Waals surface area contributed by atoms with Gasteiger partial charge >= 0.3 is 0 Å². The third kappa shape index (κ3) is 2.27. The molecule has 0 aromatic carbocycles. The topological polar surface area (TPSA) is 54.4 Å². The first-order valence-corrected chi connectivity index (χ1v) is 9.89. The Morgan fingerprint density at radius 1 is 1.24 bits per heavy atom. The smallest absolute Gasteiger partial charge is 0.178 e. The fourth-order valence-electron chi connectivity index (χ4n) is 7.17. The molecule has 1 N–H and O–H groups in total. The van der Waals surface area contributed by atoms with E-state index in [4.69, 9.17) is 0 Å². The van der Waals surface area contributed by atoms with Crippen LogP contribution in [0.25, 0.3) is 0 Å². The van der Waals surface area contributed by atoms with Gasteiger partial charge in [-0.05, 0) is 73.3 Å². The first-order valence-electron chi connectivity index (χ1n) is 9.89. The molecule has 0 saturated heterocycles. The summed E-state index contributed by atoms with van der Waals surface area (Å²) in [5.74, 6) is 1.76. The molecular formula is C22H30O3. The van der Waals surface area contributed by atoms with Crippen LogP contribution in [-0.2, 0) is 9.59 Å². The van der Waals surface area contributed by atoms with Crippen molar-refractivity contribution in [2.45, 2.75) is 59.0 Å². The van der Waals surface area contributed by atoms with Crippen LogP contribution in [0.1, 0.15) is 52.9 Å². The van der Waals surface area contributed by atoms with E-state index >= 15 is 0 Å². The maximum Gasteiger partial charge on any atom is 0.178 e. The zero-order valence-corrected chi connectivity index (χ0v) is 15.6. The highest BCUT2D eigenvalue weighted by atomic mass is 16.3. The van der Waals surface area contributed by atoms with E-state index in [1.54, 1.807) is 12.2 Å². The standard InChI is InChI=1S/C22H30O3/c1-13(12-23)16-4-5-17-20-18(7-9-22(16,17)3)21(2)8-6-15(24)10-14(21)11-19(20)25/h6,8,10,12-13,16-20,25H,4-5,7,9,11H2,1-3H3/t13-,16+,17+,18+,19+,20+,21-,22-/m1/s1. The molecule has 0 aliphatic heterocycles. The lowest BCUT2D eigenvalue weighted by atomic mass is 9.46. The van der Waals surface area contributed by atoms with Crippen molar-refractivity contribution in [3.8, 4) is 0 Å². The molecule has 0 spiro atoms. The molecular weight excluding hydrogens is 312 g/mol. The molecule has 4 rings (SSSR count). The molecule has 3 saturated carbocycles. The summed E-state index contributed by atoms with van der Waals surface area (Å²) in [4.78, 5) is 23.3. The molecule has 0 bridgehead atoms. The average molecular weight is 342 g/mol.